The van der Waals surface area contributed by atoms with Crippen molar-refractivity contribution in [3.63, 3.8) is 0 Å². The highest BCUT2D eigenvalue weighted by molar-refractivity contribution is 6.46. The number of amides is 1. The number of hydrogen-bond donors (Lipinski definition) is 1. The fraction of sp³-hybridized carbons (Fsp3) is 0.429. The summed E-state index contributed by atoms with van der Waals surface area (Å²) < 4.78 is 27.7. The summed E-state index contributed by atoms with van der Waals surface area (Å²) in [6.07, 6.45) is -0.0525. The van der Waals surface area contributed by atoms with Crippen molar-refractivity contribution in [1.29, 1.82) is 0 Å². The third-order valence-electron chi connectivity index (χ3n) is 6.07. The van der Waals surface area contributed by atoms with Gasteiger partial charge in [0.25, 0.3) is 11.7 Å². The lowest BCUT2D eigenvalue weighted by atomic mass is 9.94. The number of rotatable bonds is 11. The van der Waals surface area contributed by atoms with Gasteiger partial charge in [-0.1, -0.05) is 0 Å². The SMILES string of the molecule is CCOc1ccc(/C(O)=C2\C(=O)C(=O)N(CCOC(C)C)C2c2cc(OC)c(OC)c(OC)c2)cc1C. The number of carbonyl (C=O) groups is 2. The lowest BCUT2D eigenvalue weighted by molar-refractivity contribution is -0.140. The van der Waals surface area contributed by atoms with Gasteiger partial charge in [0.2, 0.25) is 5.75 Å². The van der Waals surface area contributed by atoms with Gasteiger partial charge < -0.3 is 33.7 Å². The Labute approximate surface area is 217 Å². The highest BCUT2D eigenvalue weighted by Gasteiger charge is 2.46. The Hall–Kier alpha value is -3.72. The summed E-state index contributed by atoms with van der Waals surface area (Å²) in [4.78, 5) is 28.0. The maximum Gasteiger partial charge on any atom is 0.295 e. The van der Waals surface area contributed by atoms with Crippen LogP contribution in [0.3, 0.4) is 0 Å². The van der Waals surface area contributed by atoms with Crippen LogP contribution in [-0.4, -0.2) is 68.9 Å². The van der Waals surface area contributed by atoms with Crippen molar-refractivity contribution in [3.05, 3.63) is 52.6 Å². The van der Waals surface area contributed by atoms with Gasteiger partial charge in [0.15, 0.2) is 11.5 Å². The van der Waals surface area contributed by atoms with E-state index in [1.165, 1.54) is 26.2 Å². The normalized spacial score (nSPS) is 16.9. The summed E-state index contributed by atoms with van der Waals surface area (Å²) in [5.41, 5.74) is 1.67. The Balaban J connectivity index is 2.21. The van der Waals surface area contributed by atoms with Gasteiger partial charge in [-0.15, -0.1) is 0 Å². The molecule has 1 aliphatic rings. The molecule has 1 fully saturated rings. The predicted molar refractivity (Wildman–Crippen MR) is 139 cm³/mol. The van der Waals surface area contributed by atoms with E-state index in [2.05, 4.69) is 0 Å². The molecule has 0 radical (unpaired) electrons. The molecule has 3 rings (SSSR count). The van der Waals surface area contributed by atoms with Crippen LogP contribution in [0, 0.1) is 6.92 Å². The number of likely N-dealkylation sites (tertiary alicyclic amines) is 1. The fourth-order valence-electron chi connectivity index (χ4n) is 4.37. The van der Waals surface area contributed by atoms with Gasteiger partial charge in [0, 0.05) is 12.1 Å². The second-order valence-corrected chi connectivity index (χ2v) is 8.78. The van der Waals surface area contributed by atoms with Gasteiger partial charge >= 0.3 is 0 Å². The molecule has 0 saturated carbocycles. The zero-order chi connectivity index (χ0) is 27.3. The quantitative estimate of drug-likeness (QED) is 0.270. The first-order chi connectivity index (χ1) is 17.7. The summed E-state index contributed by atoms with van der Waals surface area (Å²) in [6.45, 7) is 8.36. The molecule has 9 heteroatoms. The summed E-state index contributed by atoms with van der Waals surface area (Å²) in [6, 6.07) is 7.55. The molecule has 200 valence electrons. The van der Waals surface area contributed by atoms with E-state index in [1.54, 1.807) is 30.3 Å². The van der Waals surface area contributed by atoms with E-state index in [1.807, 2.05) is 27.7 Å². The number of methoxy groups -OCH3 is 3. The summed E-state index contributed by atoms with van der Waals surface area (Å²) in [5, 5.41) is 11.4. The molecule has 1 aliphatic heterocycles. The number of ketones is 1. The summed E-state index contributed by atoms with van der Waals surface area (Å²) >= 11 is 0. The van der Waals surface area contributed by atoms with E-state index >= 15 is 0 Å². The Morgan fingerprint density at radius 2 is 1.65 bits per heavy atom. The van der Waals surface area contributed by atoms with E-state index in [9.17, 15) is 14.7 Å². The molecule has 1 saturated heterocycles. The molecule has 1 atom stereocenters. The zero-order valence-corrected chi connectivity index (χ0v) is 22.4. The van der Waals surface area contributed by atoms with Crippen molar-refractivity contribution < 1.29 is 38.4 Å². The molecule has 1 N–H and O–H groups in total. The first kappa shape index (κ1) is 27.9. The Bertz CT molecular complexity index is 1160. The minimum absolute atomic E-state index is 0.0348. The number of benzene rings is 2. The first-order valence-corrected chi connectivity index (χ1v) is 12.1. The van der Waals surface area contributed by atoms with Crippen molar-refractivity contribution in [3.8, 4) is 23.0 Å². The van der Waals surface area contributed by atoms with Crippen molar-refractivity contribution in [2.24, 2.45) is 0 Å². The molecule has 2 aromatic carbocycles. The molecule has 1 amide bonds. The number of nitrogens with zero attached hydrogens (tertiary/aromatic N) is 1. The smallest absolute Gasteiger partial charge is 0.295 e. The zero-order valence-electron chi connectivity index (χ0n) is 22.4. The molecular weight excluding hydrogens is 478 g/mol. The van der Waals surface area contributed by atoms with Gasteiger partial charge in [-0.05, 0) is 69.2 Å². The molecule has 0 aliphatic carbocycles. The number of hydrogen-bond acceptors (Lipinski definition) is 8. The van der Waals surface area contributed by atoms with E-state index in [4.69, 9.17) is 23.7 Å². The molecule has 1 unspecified atom stereocenters. The average Bonchev–Trinajstić information content (AvgIpc) is 3.13. The lowest BCUT2D eigenvalue weighted by Gasteiger charge is -2.27. The Morgan fingerprint density at radius 3 is 2.16 bits per heavy atom. The van der Waals surface area contributed by atoms with E-state index < -0.39 is 17.7 Å². The van der Waals surface area contributed by atoms with Gasteiger partial charge in [-0.3, -0.25) is 9.59 Å². The van der Waals surface area contributed by atoms with Crippen molar-refractivity contribution in [1.82, 2.24) is 4.90 Å². The predicted octanol–water partition coefficient (Wildman–Crippen LogP) is 4.27. The molecule has 9 nitrogen and oxygen atoms in total. The van der Waals surface area contributed by atoms with Gasteiger partial charge in [-0.2, -0.15) is 0 Å². The van der Waals surface area contributed by atoms with Crippen LogP contribution >= 0.6 is 0 Å². The number of aryl methyl sites for hydroxylation is 1. The number of aliphatic hydroxyl groups excluding tert-OH is 1. The van der Waals surface area contributed by atoms with Crippen LogP contribution in [0.1, 0.15) is 43.5 Å². The van der Waals surface area contributed by atoms with Crippen LogP contribution < -0.4 is 18.9 Å². The summed E-state index contributed by atoms with van der Waals surface area (Å²) in [7, 11) is 4.46. The number of Topliss-reactive ketones (excluding diaryl/α,β-unsaturated/α-hetero) is 1. The first-order valence-electron chi connectivity index (χ1n) is 12.1. The van der Waals surface area contributed by atoms with Crippen LogP contribution in [0.25, 0.3) is 5.76 Å². The van der Waals surface area contributed by atoms with Crippen LogP contribution in [-0.2, 0) is 14.3 Å². The maximum absolute atomic E-state index is 13.3. The van der Waals surface area contributed by atoms with Crippen LogP contribution in [0.4, 0.5) is 0 Å². The topological polar surface area (TPSA) is 104 Å². The van der Waals surface area contributed by atoms with E-state index in [0.29, 0.717) is 40.7 Å². The minimum atomic E-state index is -0.906. The lowest BCUT2D eigenvalue weighted by Crippen LogP contribution is -2.33. The Morgan fingerprint density at radius 1 is 1.00 bits per heavy atom. The summed E-state index contributed by atoms with van der Waals surface area (Å²) in [5.74, 6) is -0.0313. The van der Waals surface area contributed by atoms with E-state index in [-0.39, 0.29) is 30.6 Å². The minimum Gasteiger partial charge on any atom is -0.507 e. The molecule has 0 spiro atoms. The number of carbonyl (C=O) groups excluding carboxylic acids is 2. The number of aliphatic hydroxyl groups is 1. The van der Waals surface area contributed by atoms with Crippen LogP contribution in [0.5, 0.6) is 23.0 Å². The van der Waals surface area contributed by atoms with Crippen molar-refractivity contribution in [2.45, 2.75) is 39.8 Å². The molecule has 0 aromatic heterocycles. The van der Waals surface area contributed by atoms with Gasteiger partial charge in [0.05, 0.1) is 52.3 Å². The third-order valence-corrected chi connectivity index (χ3v) is 6.07. The molecule has 0 bridgehead atoms. The third kappa shape index (κ3) is 5.67. The van der Waals surface area contributed by atoms with Crippen LogP contribution in [0.15, 0.2) is 35.9 Å². The monoisotopic (exact) mass is 513 g/mol. The average molecular weight is 514 g/mol. The van der Waals surface area contributed by atoms with Gasteiger partial charge in [0.1, 0.15) is 11.5 Å². The molecule has 2 aromatic rings. The molecule has 1 heterocycles. The highest BCUT2D eigenvalue weighted by atomic mass is 16.5. The maximum atomic E-state index is 13.3. The van der Waals surface area contributed by atoms with E-state index in [0.717, 1.165) is 5.56 Å². The van der Waals surface area contributed by atoms with Gasteiger partial charge in [-0.25, -0.2) is 0 Å². The number of ether oxygens (including phenoxy) is 5. The fourth-order valence-corrected chi connectivity index (χ4v) is 4.37. The molecule has 37 heavy (non-hydrogen) atoms. The van der Waals surface area contributed by atoms with Crippen LogP contribution in [0.2, 0.25) is 0 Å². The van der Waals surface area contributed by atoms with Crippen molar-refractivity contribution >= 4 is 17.4 Å². The Kier molecular flexibility index (Phi) is 9.04. The second kappa shape index (κ2) is 12.0. The highest BCUT2D eigenvalue weighted by Crippen LogP contribution is 2.45. The molecular formula is C28H35NO8. The largest absolute Gasteiger partial charge is 0.507 e. The van der Waals surface area contributed by atoms with Crippen molar-refractivity contribution in [2.75, 3.05) is 41.1 Å². The second-order valence-electron chi connectivity index (χ2n) is 8.78. The standard InChI is InChI=1S/C28H35NO8/c1-8-36-20-10-9-18(13-17(20)4)25(30)23-24(29(28(32)26(23)31)11-12-37-16(2)3)19-14-21(33-5)27(35-7)22(15-19)34-6/h9-10,13-16,24,30H,8,11-12H2,1-7H3/b25-23+.